The van der Waals surface area contributed by atoms with Gasteiger partial charge in [-0.2, -0.15) is 0 Å². The van der Waals surface area contributed by atoms with E-state index in [1.807, 2.05) is 107 Å². The largest absolute Gasteiger partial charge is 0.444 e. The average Bonchev–Trinajstić information content (AvgIpc) is 3.18. The van der Waals surface area contributed by atoms with Crippen LogP contribution in [0, 0.1) is 11.8 Å². The fraction of sp³-hybridized carbons (Fsp3) is 0.622. The fourth-order valence-electron chi connectivity index (χ4n) is 6.30. The van der Waals surface area contributed by atoms with Gasteiger partial charge in [0.25, 0.3) is 0 Å². The molecule has 4 rings (SSSR count). The van der Waals surface area contributed by atoms with Crippen molar-refractivity contribution in [3.63, 3.8) is 0 Å². The molecule has 2 fully saturated rings. The number of carbonyl (C=O) groups is 5. The van der Waals surface area contributed by atoms with E-state index in [0.29, 0.717) is 44.3 Å². The number of likely N-dealkylation sites (tertiary alicyclic amines) is 2. The molecule has 2 saturated heterocycles. The number of carbonyl (C=O) groups excluding carboxylic acids is 5. The van der Waals surface area contributed by atoms with Gasteiger partial charge in [-0.25, -0.2) is 9.59 Å². The van der Waals surface area contributed by atoms with Crippen LogP contribution in [0.5, 0.6) is 0 Å². The average molecular weight is 850 g/mol. The molecule has 2 aliphatic rings. The molecule has 2 aliphatic heterocycles. The van der Waals surface area contributed by atoms with Gasteiger partial charge in [0, 0.05) is 68.9 Å². The number of amides is 3. The molecule has 326 valence electrons. The minimum absolute atomic E-state index is 0.0232. The van der Waals surface area contributed by atoms with E-state index in [9.17, 15) is 24.0 Å². The molecule has 4 unspecified atom stereocenters. The Balaban J connectivity index is 0.000000474. The highest BCUT2D eigenvalue weighted by Gasteiger charge is 2.34. The SMILES string of the molecule is CC(Nc1ccccc1)C1CCCN(C(=O)OC(C)(C)C)C1.CCC(=O)Cl.CCC(=O)Cl.CCC(=O)N(c1ccccc1)C(C)C1CCCN(C(=O)OC(C)(C)C)C1. The third-order valence-corrected chi connectivity index (χ3v) is 9.88. The van der Waals surface area contributed by atoms with Crippen molar-refractivity contribution in [1.29, 1.82) is 0 Å². The number of halogens is 2. The predicted octanol–water partition coefficient (Wildman–Crippen LogP) is 10.9. The van der Waals surface area contributed by atoms with Gasteiger partial charge in [-0.3, -0.25) is 14.4 Å². The third-order valence-electron chi connectivity index (χ3n) is 9.35. The first-order chi connectivity index (χ1) is 27.1. The minimum atomic E-state index is -0.496. The molecular weight excluding hydrogens is 779 g/mol. The second kappa shape index (κ2) is 26.3. The van der Waals surface area contributed by atoms with Crippen molar-refractivity contribution in [1.82, 2.24) is 9.80 Å². The van der Waals surface area contributed by atoms with E-state index in [2.05, 4.69) is 31.3 Å². The smallest absolute Gasteiger partial charge is 0.410 e. The van der Waals surface area contributed by atoms with Gasteiger partial charge in [0.1, 0.15) is 11.2 Å². The molecule has 11 nitrogen and oxygen atoms in total. The molecule has 0 aliphatic carbocycles. The second-order valence-electron chi connectivity index (χ2n) is 16.6. The number of hydrogen-bond acceptors (Lipinski definition) is 8. The standard InChI is InChI=1S/C21H32N2O3.C18H28N2O2.2C3H5ClO/c1-6-19(24)23(18-12-8-7-9-13-18)16(2)17-11-10-14-22(15-17)20(25)26-21(3,4)5;1-14(19-16-10-6-5-7-11-16)15-9-8-12-20(13-15)17(21)22-18(2,3)4;2*1-2-3(4)5/h7-9,12-13,16-17H,6,10-11,14-15H2,1-5H3;5-7,10-11,14-15,19H,8-9,12-13H2,1-4H3;2*2H2,1H3. The number of piperidine rings is 2. The van der Waals surface area contributed by atoms with Gasteiger partial charge < -0.3 is 29.5 Å². The maximum atomic E-state index is 12.6. The summed E-state index contributed by atoms with van der Waals surface area (Å²) in [7, 11) is 0. The van der Waals surface area contributed by atoms with Crippen LogP contribution in [0.1, 0.15) is 121 Å². The summed E-state index contributed by atoms with van der Waals surface area (Å²) in [6.07, 6.45) is 4.97. The van der Waals surface area contributed by atoms with Crippen LogP contribution in [0.4, 0.5) is 21.0 Å². The summed E-state index contributed by atoms with van der Waals surface area (Å²) < 4.78 is 11.0. The zero-order valence-corrected chi connectivity index (χ0v) is 38.3. The highest BCUT2D eigenvalue weighted by atomic mass is 35.5. The monoisotopic (exact) mass is 848 g/mol. The summed E-state index contributed by atoms with van der Waals surface area (Å²) in [6, 6.07) is 20.4. The lowest BCUT2D eigenvalue weighted by atomic mass is 9.90. The van der Waals surface area contributed by atoms with Crippen LogP contribution in [0.25, 0.3) is 0 Å². The number of benzene rings is 2. The van der Waals surface area contributed by atoms with Crippen LogP contribution >= 0.6 is 23.2 Å². The van der Waals surface area contributed by atoms with E-state index in [-0.39, 0.29) is 40.5 Å². The minimum Gasteiger partial charge on any atom is -0.444 e. The van der Waals surface area contributed by atoms with Crippen LogP contribution in [0.15, 0.2) is 60.7 Å². The zero-order chi connectivity index (χ0) is 44.1. The second-order valence-corrected chi connectivity index (χ2v) is 17.4. The van der Waals surface area contributed by atoms with Gasteiger partial charge in [0.15, 0.2) is 0 Å². The van der Waals surface area contributed by atoms with Crippen LogP contribution < -0.4 is 10.2 Å². The fourth-order valence-corrected chi connectivity index (χ4v) is 6.30. The van der Waals surface area contributed by atoms with Gasteiger partial charge in [-0.05, 0) is 140 Å². The highest BCUT2D eigenvalue weighted by molar-refractivity contribution is 6.63. The van der Waals surface area contributed by atoms with Crippen molar-refractivity contribution >= 4 is 63.2 Å². The van der Waals surface area contributed by atoms with E-state index in [1.165, 1.54) is 0 Å². The first-order valence-corrected chi connectivity index (χ1v) is 21.4. The van der Waals surface area contributed by atoms with E-state index >= 15 is 0 Å². The number of ether oxygens (including phenoxy) is 2. The predicted molar refractivity (Wildman–Crippen MR) is 237 cm³/mol. The molecule has 0 aromatic heterocycles. The maximum Gasteiger partial charge on any atom is 0.410 e. The number of para-hydroxylation sites is 2. The summed E-state index contributed by atoms with van der Waals surface area (Å²) in [4.78, 5) is 62.0. The van der Waals surface area contributed by atoms with Gasteiger partial charge in [-0.1, -0.05) is 57.2 Å². The number of anilines is 2. The summed E-state index contributed by atoms with van der Waals surface area (Å²) in [5.74, 6) is 0.784. The maximum absolute atomic E-state index is 12.6. The van der Waals surface area contributed by atoms with Crippen molar-refractivity contribution in [2.75, 3.05) is 36.4 Å². The van der Waals surface area contributed by atoms with Gasteiger partial charge in [0.05, 0.1) is 0 Å². The first kappa shape index (κ1) is 52.2. The molecule has 0 radical (unpaired) electrons. The van der Waals surface area contributed by atoms with E-state index in [4.69, 9.17) is 32.7 Å². The van der Waals surface area contributed by atoms with Crippen molar-refractivity contribution in [2.24, 2.45) is 11.8 Å². The Bertz CT molecular complexity index is 1520. The van der Waals surface area contributed by atoms with Crippen molar-refractivity contribution < 1.29 is 33.4 Å². The topological polar surface area (TPSA) is 126 Å². The summed E-state index contributed by atoms with van der Waals surface area (Å²) in [6.45, 7) is 23.9. The quantitative estimate of drug-likeness (QED) is 0.247. The molecule has 13 heteroatoms. The molecule has 0 bridgehead atoms. The summed E-state index contributed by atoms with van der Waals surface area (Å²) >= 11 is 9.65. The molecular formula is C45H70Cl2N4O7. The molecule has 2 aromatic rings. The lowest BCUT2D eigenvalue weighted by Gasteiger charge is -2.40. The van der Waals surface area contributed by atoms with Crippen molar-refractivity contribution in [2.45, 2.75) is 144 Å². The molecule has 2 aromatic carbocycles. The third kappa shape index (κ3) is 21.3. The summed E-state index contributed by atoms with van der Waals surface area (Å²) in [5.41, 5.74) is 1.12. The lowest BCUT2D eigenvalue weighted by Crippen LogP contribution is -2.50. The Hall–Kier alpha value is -3.83. The van der Waals surface area contributed by atoms with Gasteiger partial charge >= 0.3 is 12.2 Å². The Labute approximate surface area is 358 Å². The van der Waals surface area contributed by atoms with Crippen molar-refractivity contribution in [3.05, 3.63) is 60.7 Å². The first-order valence-electron chi connectivity index (χ1n) is 20.6. The number of hydrogen-bond donors (Lipinski definition) is 1. The molecule has 4 atom stereocenters. The van der Waals surface area contributed by atoms with E-state index in [0.717, 1.165) is 50.1 Å². The van der Waals surface area contributed by atoms with Gasteiger partial charge in [-0.15, -0.1) is 0 Å². The van der Waals surface area contributed by atoms with Crippen LogP contribution in [-0.2, 0) is 23.9 Å². The molecule has 2 heterocycles. The van der Waals surface area contributed by atoms with E-state index in [1.54, 1.807) is 18.7 Å². The molecule has 3 amide bonds. The van der Waals surface area contributed by atoms with Gasteiger partial charge in [0.2, 0.25) is 16.4 Å². The Kier molecular flexibility index (Phi) is 23.7. The zero-order valence-electron chi connectivity index (χ0n) is 36.8. The normalized spacial score (nSPS) is 17.5. The van der Waals surface area contributed by atoms with Crippen LogP contribution in [0.3, 0.4) is 0 Å². The Morgan fingerprint density at radius 2 is 1.09 bits per heavy atom. The lowest BCUT2D eigenvalue weighted by molar-refractivity contribution is -0.119. The Morgan fingerprint density at radius 3 is 1.48 bits per heavy atom. The number of nitrogens with zero attached hydrogens (tertiary/aromatic N) is 3. The van der Waals surface area contributed by atoms with E-state index < -0.39 is 11.2 Å². The number of nitrogens with one attached hydrogen (secondary N) is 1. The highest BCUT2D eigenvalue weighted by Crippen LogP contribution is 2.29. The molecule has 0 saturated carbocycles. The van der Waals surface area contributed by atoms with Crippen molar-refractivity contribution in [3.8, 4) is 0 Å². The molecule has 1 N–H and O–H groups in total. The Morgan fingerprint density at radius 1 is 0.690 bits per heavy atom. The van der Waals surface area contributed by atoms with Crippen LogP contribution in [0.2, 0.25) is 0 Å². The summed E-state index contributed by atoms with van der Waals surface area (Å²) in [5, 5.41) is 2.99. The molecule has 58 heavy (non-hydrogen) atoms. The number of rotatable bonds is 9. The molecule has 0 spiro atoms. The van der Waals surface area contributed by atoms with Crippen LogP contribution in [-0.4, -0.2) is 87.8 Å².